The predicted molar refractivity (Wildman–Crippen MR) is 108 cm³/mol. The highest BCUT2D eigenvalue weighted by Gasteiger charge is 2.38. The minimum Gasteiger partial charge on any atom is -0.490 e. The van der Waals surface area contributed by atoms with Gasteiger partial charge in [0.15, 0.2) is 0 Å². The van der Waals surface area contributed by atoms with Gasteiger partial charge in [-0.25, -0.2) is 0 Å². The molecule has 2 heterocycles. The molecule has 0 spiro atoms. The number of carboxylic acids is 1. The summed E-state index contributed by atoms with van der Waals surface area (Å²) in [5.74, 6) is -0.0169. The van der Waals surface area contributed by atoms with E-state index in [4.69, 9.17) is 9.84 Å². The number of aliphatic carboxylic acids is 1. The third-order valence-electron chi connectivity index (χ3n) is 5.99. The zero-order valence-corrected chi connectivity index (χ0v) is 17.0. The van der Waals surface area contributed by atoms with Crippen LogP contribution in [0.1, 0.15) is 56.9 Å². The van der Waals surface area contributed by atoms with Crippen LogP contribution in [0.5, 0.6) is 5.75 Å². The van der Waals surface area contributed by atoms with Gasteiger partial charge in [0.2, 0.25) is 11.8 Å². The number of benzene rings is 1. The number of carboxylic acid groups (broad SMARTS) is 1. The van der Waals surface area contributed by atoms with E-state index in [0.29, 0.717) is 45.2 Å². The van der Waals surface area contributed by atoms with E-state index in [0.717, 1.165) is 18.6 Å². The van der Waals surface area contributed by atoms with E-state index in [2.05, 4.69) is 5.32 Å². The Bertz CT molecular complexity index is 740. The molecule has 2 fully saturated rings. The average Bonchev–Trinajstić information content (AvgIpc) is 3.08. The third kappa shape index (κ3) is 5.95. The zero-order valence-electron chi connectivity index (χ0n) is 17.0. The lowest BCUT2D eigenvalue weighted by Gasteiger charge is -2.34. The molecule has 2 saturated heterocycles. The molecule has 2 aliphatic heterocycles. The molecule has 0 bridgehead atoms. The molecule has 7 heteroatoms. The minimum atomic E-state index is -0.882. The van der Waals surface area contributed by atoms with Gasteiger partial charge in [0.1, 0.15) is 11.9 Å². The molecule has 1 aromatic carbocycles. The van der Waals surface area contributed by atoms with Crippen LogP contribution in [-0.4, -0.2) is 52.5 Å². The van der Waals surface area contributed by atoms with Gasteiger partial charge >= 0.3 is 5.97 Å². The maximum absolute atomic E-state index is 12.7. The number of hydrogen-bond donors (Lipinski definition) is 2. The lowest BCUT2D eigenvalue weighted by Crippen LogP contribution is -2.45. The first-order chi connectivity index (χ1) is 13.8. The van der Waals surface area contributed by atoms with Crippen LogP contribution in [0.2, 0.25) is 0 Å². The molecule has 0 saturated carbocycles. The van der Waals surface area contributed by atoms with Crippen molar-refractivity contribution in [2.24, 2.45) is 0 Å². The van der Waals surface area contributed by atoms with E-state index in [1.165, 1.54) is 5.56 Å². The fourth-order valence-electron chi connectivity index (χ4n) is 4.16. The van der Waals surface area contributed by atoms with Crippen molar-refractivity contribution >= 4 is 17.8 Å². The summed E-state index contributed by atoms with van der Waals surface area (Å²) in [5.41, 5.74) is 0.634. The monoisotopic (exact) mass is 402 g/mol. The molecule has 1 unspecified atom stereocenters. The van der Waals surface area contributed by atoms with Crippen LogP contribution in [-0.2, 0) is 14.4 Å². The molecule has 0 radical (unpaired) electrons. The molecule has 29 heavy (non-hydrogen) atoms. The summed E-state index contributed by atoms with van der Waals surface area (Å²) < 4.78 is 6.02. The third-order valence-corrected chi connectivity index (χ3v) is 5.99. The van der Waals surface area contributed by atoms with Crippen molar-refractivity contribution in [3.63, 3.8) is 0 Å². The van der Waals surface area contributed by atoms with Crippen molar-refractivity contribution in [3.05, 3.63) is 29.8 Å². The Morgan fingerprint density at radius 3 is 2.41 bits per heavy atom. The number of carbonyl (C=O) groups excluding carboxylic acids is 2. The van der Waals surface area contributed by atoms with Crippen LogP contribution in [0.25, 0.3) is 0 Å². The first-order valence-electron chi connectivity index (χ1n) is 10.4. The van der Waals surface area contributed by atoms with Gasteiger partial charge < -0.3 is 20.1 Å². The summed E-state index contributed by atoms with van der Waals surface area (Å²) in [5, 5.41) is 11.9. The summed E-state index contributed by atoms with van der Waals surface area (Å²) in [7, 11) is 0. The average molecular weight is 402 g/mol. The van der Waals surface area contributed by atoms with Crippen LogP contribution in [0.15, 0.2) is 24.3 Å². The number of rotatable bonds is 8. The van der Waals surface area contributed by atoms with Gasteiger partial charge in [0, 0.05) is 50.7 Å². The first kappa shape index (κ1) is 21.1. The Morgan fingerprint density at radius 1 is 1.17 bits per heavy atom. The van der Waals surface area contributed by atoms with Gasteiger partial charge in [0.25, 0.3) is 0 Å². The summed E-state index contributed by atoms with van der Waals surface area (Å²) in [6, 6.07) is 7.99. The normalized spacial score (nSPS) is 22.4. The van der Waals surface area contributed by atoms with Gasteiger partial charge in [-0.15, -0.1) is 0 Å². The van der Waals surface area contributed by atoms with Gasteiger partial charge in [-0.1, -0.05) is 17.7 Å². The number of hydrogen-bond acceptors (Lipinski definition) is 4. The van der Waals surface area contributed by atoms with Crippen molar-refractivity contribution < 1.29 is 24.2 Å². The molecular weight excluding hydrogens is 372 g/mol. The van der Waals surface area contributed by atoms with Crippen LogP contribution in [0, 0.1) is 6.92 Å². The number of amides is 2. The second kappa shape index (κ2) is 9.29. The number of carbonyl (C=O) groups is 3. The van der Waals surface area contributed by atoms with E-state index in [1.807, 2.05) is 36.1 Å². The Labute approximate surface area is 171 Å². The smallest absolute Gasteiger partial charge is 0.303 e. The Morgan fingerprint density at radius 2 is 1.83 bits per heavy atom. The van der Waals surface area contributed by atoms with Gasteiger partial charge in [0.05, 0.1) is 0 Å². The summed E-state index contributed by atoms with van der Waals surface area (Å²) in [6.07, 6.45) is 3.87. The fourth-order valence-corrected chi connectivity index (χ4v) is 4.16. The maximum atomic E-state index is 12.7. The fraction of sp³-hybridized carbons (Fsp3) is 0.591. The summed E-state index contributed by atoms with van der Waals surface area (Å²) >= 11 is 0. The van der Waals surface area contributed by atoms with Crippen molar-refractivity contribution in [3.8, 4) is 5.75 Å². The van der Waals surface area contributed by atoms with E-state index < -0.39 is 11.5 Å². The highest BCUT2D eigenvalue weighted by Crippen LogP contribution is 2.31. The van der Waals surface area contributed by atoms with Crippen LogP contribution in [0.3, 0.4) is 0 Å². The number of ether oxygens (including phenoxy) is 1. The molecule has 158 valence electrons. The molecule has 2 N–H and O–H groups in total. The topological polar surface area (TPSA) is 95.9 Å². The molecule has 2 aliphatic rings. The minimum absolute atomic E-state index is 0.00376. The number of nitrogens with zero attached hydrogens (tertiary/aromatic N) is 1. The molecule has 2 amide bonds. The van der Waals surface area contributed by atoms with E-state index >= 15 is 0 Å². The standard InChI is InChI=1S/C22H30N2O5/c1-16-2-4-17(5-3-16)29-18-9-14-24(15-10-18)20(26)7-12-22(13-8-21(27)28)11-6-19(25)23-22/h2-5,18H,6-15H2,1H3,(H,23,25)(H,27,28). The second-order valence-corrected chi connectivity index (χ2v) is 8.23. The number of nitrogens with one attached hydrogen (secondary N) is 1. The Kier molecular flexibility index (Phi) is 6.77. The first-order valence-corrected chi connectivity index (χ1v) is 10.4. The lowest BCUT2D eigenvalue weighted by atomic mass is 9.86. The van der Waals surface area contributed by atoms with Crippen molar-refractivity contribution in [1.29, 1.82) is 0 Å². The van der Waals surface area contributed by atoms with Crippen molar-refractivity contribution in [1.82, 2.24) is 10.2 Å². The molecule has 0 aromatic heterocycles. The largest absolute Gasteiger partial charge is 0.490 e. The molecule has 1 atom stereocenters. The van der Waals surface area contributed by atoms with Gasteiger partial charge in [-0.05, 0) is 38.3 Å². The van der Waals surface area contributed by atoms with E-state index in [1.54, 1.807) is 0 Å². The van der Waals surface area contributed by atoms with Crippen LogP contribution in [0.4, 0.5) is 0 Å². The maximum Gasteiger partial charge on any atom is 0.303 e. The van der Waals surface area contributed by atoms with E-state index in [-0.39, 0.29) is 24.3 Å². The number of aryl methyl sites for hydroxylation is 1. The highest BCUT2D eigenvalue weighted by molar-refractivity contribution is 5.80. The van der Waals surface area contributed by atoms with Gasteiger partial charge in [-0.2, -0.15) is 0 Å². The highest BCUT2D eigenvalue weighted by atomic mass is 16.5. The summed E-state index contributed by atoms with van der Waals surface area (Å²) in [6.45, 7) is 3.35. The molecule has 0 aliphatic carbocycles. The SMILES string of the molecule is Cc1ccc(OC2CCN(C(=O)CCC3(CCC(=O)O)CCC(=O)N3)CC2)cc1. The van der Waals surface area contributed by atoms with Gasteiger partial charge in [-0.3, -0.25) is 14.4 Å². The van der Waals surface area contributed by atoms with Crippen molar-refractivity contribution in [2.45, 2.75) is 69.9 Å². The van der Waals surface area contributed by atoms with Crippen LogP contribution < -0.4 is 10.1 Å². The Hall–Kier alpha value is -2.57. The lowest BCUT2D eigenvalue weighted by molar-refractivity contribution is -0.137. The summed E-state index contributed by atoms with van der Waals surface area (Å²) in [4.78, 5) is 37.2. The predicted octanol–water partition coefficient (Wildman–Crippen LogP) is 2.66. The zero-order chi connectivity index (χ0) is 20.9. The molecular formula is C22H30N2O5. The van der Waals surface area contributed by atoms with E-state index in [9.17, 15) is 14.4 Å². The second-order valence-electron chi connectivity index (χ2n) is 8.23. The quantitative estimate of drug-likeness (QED) is 0.697. The Balaban J connectivity index is 1.45. The molecule has 1 aromatic rings. The number of piperidine rings is 1. The van der Waals surface area contributed by atoms with Crippen molar-refractivity contribution in [2.75, 3.05) is 13.1 Å². The molecule has 7 nitrogen and oxygen atoms in total. The van der Waals surface area contributed by atoms with Crippen LogP contribution >= 0.6 is 0 Å². The molecule has 3 rings (SSSR count). The number of likely N-dealkylation sites (tertiary alicyclic amines) is 1.